The van der Waals surface area contributed by atoms with E-state index in [1.165, 1.54) is 12.3 Å². The fourth-order valence-electron chi connectivity index (χ4n) is 2.88. The van der Waals surface area contributed by atoms with Crippen molar-refractivity contribution in [2.24, 2.45) is 0 Å². The van der Waals surface area contributed by atoms with Crippen molar-refractivity contribution in [1.82, 2.24) is 24.9 Å². The molecule has 31 heavy (non-hydrogen) atoms. The highest BCUT2D eigenvalue weighted by atomic mass is 16.5. The number of rotatable bonds is 6. The molecule has 3 aromatic heterocycles. The monoisotopic (exact) mass is 417 g/mol. The maximum Gasteiger partial charge on any atom is 0.277 e. The van der Waals surface area contributed by atoms with Crippen LogP contribution in [0.15, 0.2) is 65.6 Å². The summed E-state index contributed by atoms with van der Waals surface area (Å²) in [5.41, 5.74) is 1.55. The van der Waals surface area contributed by atoms with E-state index in [2.05, 4.69) is 35.5 Å². The van der Waals surface area contributed by atoms with Gasteiger partial charge >= 0.3 is 0 Å². The van der Waals surface area contributed by atoms with Gasteiger partial charge in [0.25, 0.3) is 11.8 Å². The lowest BCUT2D eigenvalue weighted by molar-refractivity contribution is 0.101. The van der Waals surface area contributed by atoms with Crippen LogP contribution in [0, 0.1) is 0 Å². The van der Waals surface area contributed by atoms with Gasteiger partial charge < -0.3 is 19.7 Å². The van der Waals surface area contributed by atoms with Gasteiger partial charge in [-0.3, -0.25) is 9.59 Å². The molecule has 0 atom stereocenters. The lowest BCUT2D eigenvalue weighted by atomic mass is 10.2. The zero-order valence-electron chi connectivity index (χ0n) is 16.8. The van der Waals surface area contributed by atoms with Crippen molar-refractivity contribution in [2.75, 3.05) is 10.6 Å². The van der Waals surface area contributed by atoms with Gasteiger partial charge in [-0.2, -0.15) is 0 Å². The van der Waals surface area contributed by atoms with Gasteiger partial charge in [-0.25, -0.2) is 4.98 Å². The Labute approximate surface area is 177 Å². The van der Waals surface area contributed by atoms with E-state index in [0.29, 0.717) is 28.6 Å². The molecule has 0 radical (unpaired) electrons. The van der Waals surface area contributed by atoms with Crippen LogP contribution in [0.25, 0.3) is 11.5 Å². The molecule has 0 aliphatic carbocycles. The van der Waals surface area contributed by atoms with Gasteiger partial charge in [0, 0.05) is 23.4 Å². The van der Waals surface area contributed by atoms with E-state index in [-0.39, 0.29) is 17.6 Å². The minimum atomic E-state index is -0.435. The Morgan fingerprint density at radius 1 is 1.03 bits per heavy atom. The molecule has 10 nitrogen and oxygen atoms in total. The Morgan fingerprint density at radius 2 is 1.87 bits per heavy atom. The number of benzene rings is 1. The molecule has 0 saturated carbocycles. The topological polar surface area (TPSA) is 128 Å². The predicted molar refractivity (Wildman–Crippen MR) is 112 cm³/mol. The molecule has 0 saturated heterocycles. The van der Waals surface area contributed by atoms with Gasteiger partial charge in [0.1, 0.15) is 24.1 Å². The molecular weight excluding hydrogens is 398 g/mol. The first kappa shape index (κ1) is 20.0. The summed E-state index contributed by atoms with van der Waals surface area (Å²) in [6, 6.07) is 13.4. The Morgan fingerprint density at radius 3 is 2.65 bits per heavy atom. The van der Waals surface area contributed by atoms with Gasteiger partial charge in [-0.05, 0) is 44.2 Å². The second-order valence-corrected chi connectivity index (χ2v) is 6.94. The first-order valence-electron chi connectivity index (χ1n) is 9.51. The smallest absolute Gasteiger partial charge is 0.277 e. The number of pyridine rings is 1. The Hall–Kier alpha value is -4.34. The summed E-state index contributed by atoms with van der Waals surface area (Å²) in [6.07, 6.45) is 2.95. The number of amides is 2. The summed E-state index contributed by atoms with van der Waals surface area (Å²) in [7, 11) is 0. The molecule has 0 bridgehead atoms. The van der Waals surface area contributed by atoms with Crippen LogP contribution in [-0.2, 0) is 0 Å². The number of aromatic nitrogens is 5. The van der Waals surface area contributed by atoms with E-state index >= 15 is 0 Å². The van der Waals surface area contributed by atoms with Crippen LogP contribution in [0.3, 0.4) is 0 Å². The number of hydrogen-bond acceptors (Lipinski definition) is 7. The zero-order chi connectivity index (χ0) is 21.8. The molecular formula is C21H19N7O3. The zero-order valence-corrected chi connectivity index (χ0v) is 16.8. The van der Waals surface area contributed by atoms with E-state index in [1.807, 2.05) is 18.4 Å². The summed E-state index contributed by atoms with van der Waals surface area (Å²) < 4.78 is 6.56. The molecule has 0 unspecified atom stereocenters. The van der Waals surface area contributed by atoms with Gasteiger partial charge in [-0.1, -0.05) is 17.3 Å². The summed E-state index contributed by atoms with van der Waals surface area (Å²) in [5, 5.41) is 17.1. The first-order chi connectivity index (χ1) is 15.0. The molecule has 156 valence electrons. The van der Waals surface area contributed by atoms with Crippen LogP contribution < -0.4 is 10.6 Å². The Balaban J connectivity index is 1.50. The standard InChI is InChI=1S/C21H19N7O3/c1-13(2)28-12-22-26-19(28)16-7-4-8-18(24-16)25-20(29)14-5-3-6-15(11-14)23-21(30)17-9-10-31-27-17/h3-13H,1-2H3,(H,23,30)(H,24,25,29). The molecule has 3 heterocycles. The van der Waals surface area contributed by atoms with Crippen molar-refractivity contribution in [2.45, 2.75) is 19.9 Å². The molecule has 0 spiro atoms. The van der Waals surface area contributed by atoms with Crippen LogP contribution in [0.1, 0.15) is 40.7 Å². The van der Waals surface area contributed by atoms with E-state index in [4.69, 9.17) is 0 Å². The maximum atomic E-state index is 12.7. The van der Waals surface area contributed by atoms with Gasteiger partial charge in [0.15, 0.2) is 11.5 Å². The molecule has 0 fully saturated rings. The second kappa shape index (κ2) is 8.57. The molecule has 10 heteroatoms. The van der Waals surface area contributed by atoms with Crippen molar-refractivity contribution < 1.29 is 14.1 Å². The van der Waals surface area contributed by atoms with Crippen molar-refractivity contribution >= 4 is 23.3 Å². The number of carbonyl (C=O) groups is 2. The third-order valence-corrected chi connectivity index (χ3v) is 4.40. The average Bonchev–Trinajstić information content (AvgIpc) is 3.46. The van der Waals surface area contributed by atoms with E-state index < -0.39 is 5.91 Å². The van der Waals surface area contributed by atoms with Gasteiger partial charge in [0.05, 0.1) is 0 Å². The fraction of sp³-hybridized carbons (Fsp3) is 0.143. The lowest BCUT2D eigenvalue weighted by Crippen LogP contribution is -2.15. The summed E-state index contributed by atoms with van der Waals surface area (Å²) in [5.74, 6) is 0.184. The predicted octanol–water partition coefficient (Wildman–Crippen LogP) is 3.41. The Kier molecular flexibility index (Phi) is 5.52. The minimum absolute atomic E-state index is 0.144. The molecule has 2 N–H and O–H groups in total. The minimum Gasteiger partial charge on any atom is -0.364 e. The largest absolute Gasteiger partial charge is 0.364 e. The SMILES string of the molecule is CC(C)n1cnnc1-c1cccc(NC(=O)c2cccc(NC(=O)c3ccon3)c2)n1. The molecule has 4 rings (SSSR count). The highest BCUT2D eigenvalue weighted by molar-refractivity contribution is 6.06. The number of anilines is 2. The van der Waals surface area contributed by atoms with E-state index in [1.54, 1.807) is 48.8 Å². The van der Waals surface area contributed by atoms with Gasteiger partial charge in [-0.15, -0.1) is 10.2 Å². The number of hydrogen-bond donors (Lipinski definition) is 2. The van der Waals surface area contributed by atoms with Crippen LogP contribution in [-0.4, -0.2) is 36.7 Å². The van der Waals surface area contributed by atoms with Crippen molar-refractivity contribution in [3.8, 4) is 11.5 Å². The molecule has 0 aliphatic heterocycles. The number of carbonyl (C=O) groups excluding carboxylic acids is 2. The second-order valence-electron chi connectivity index (χ2n) is 6.94. The molecule has 4 aromatic rings. The third-order valence-electron chi connectivity index (χ3n) is 4.40. The quantitative estimate of drug-likeness (QED) is 0.492. The van der Waals surface area contributed by atoms with E-state index in [9.17, 15) is 9.59 Å². The van der Waals surface area contributed by atoms with Crippen LogP contribution in [0.2, 0.25) is 0 Å². The number of nitrogens with zero attached hydrogens (tertiary/aromatic N) is 5. The summed E-state index contributed by atoms with van der Waals surface area (Å²) in [4.78, 5) is 29.3. The Bertz CT molecular complexity index is 1220. The van der Waals surface area contributed by atoms with Crippen molar-refractivity contribution in [1.29, 1.82) is 0 Å². The lowest BCUT2D eigenvalue weighted by Gasteiger charge is -2.11. The average molecular weight is 417 g/mol. The van der Waals surface area contributed by atoms with E-state index in [0.717, 1.165) is 0 Å². The van der Waals surface area contributed by atoms with Crippen molar-refractivity contribution in [3.63, 3.8) is 0 Å². The first-order valence-corrected chi connectivity index (χ1v) is 9.51. The highest BCUT2D eigenvalue weighted by Crippen LogP contribution is 2.20. The van der Waals surface area contributed by atoms with Crippen LogP contribution >= 0.6 is 0 Å². The molecule has 0 aliphatic rings. The summed E-state index contributed by atoms with van der Waals surface area (Å²) >= 11 is 0. The van der Waals surface area contributed by atoms with Crippen molar-refractivity contribution in [3.05, 3.63) is 72.4 Å². The van der Waals surface area contributed by atoms with Crippen LogP contribution in [0.4, 0.5) is 11.5 Å². The molecule has 2 amide bonds. The normalized spacial score (nSPS) is 10.8. The number of nitrogens with one attached hydrogen (secondary N) is 2. The highest BCUT2D eigenvalue weighted by Gasteiger charge is 2.14. The molecule has 1 aromatic carbocycles. The summed E-state index contributed by atoms with van der Waals surface area (Å²) in [6.45, 7) is 4.04. The van der Waals surface area contributed by atoms with Crippen LogP contribution in [0.5, 0.6) is 0 Å². The third kappa shape index (κ3) is 4.47. The maximum absolute atomic E-state index is 12.7. The van der Waals surface area contributed by atoms with Gasteiger partial charge in [0.2, 0.25) is 0 Å². The fourth-order valence-corrected chi connectivity index (χ4v) is 2.88.